The summed E-state index contributed by atoms with van der Waals surface area (Å²) < 4.78 is 0. The number of rotatable bonds is 7. The summed E-state index contributed by atoms with van der Waals surface area (Å²) >= 11 is 0. The smallest absolute Gasteiger partial charge is 0.241 e. The molecule has 7 nitrogen and oxygen atoms in total. The molecule has 2 aliphatic rings. The number of aromatic nitrogens is 1. The second-order valence-electron chi connectivity index (χ2n) is 8.96. The van der Waals surface area contributed by atoms with E-state index in [9.17, 15) is 4.79 Å². The fraction of sp³-hybridized carbons (Fsp3) is 0.423. The number of nitrogens with one attached hydrogen (secondary N) is 2. The molecular weight excluding hydrogens is 412 g/mol. The molecular formula is C26H32N6O. The molecule has 0 bridgehead atoms. The Labute approximate surface area is 195 Å². The van der Waals surface area contributed by atoms with Crippen molar-refractivity contribution in [1.29, 1.82) is 5.26 Å². The Kier molecular flexibility index (Phi) is 7.59. The van der Waals surface area contributed by atoms with Crippen LogP contribution in [-0.4, -0.2) is 42.1 Å². The summed E-state index contributed by atoms with van der Waals surface area (Å²) in [5.41, 5.74) is 8.00. The normalized spacial score (nSPS) is 23.2. The van der Waals surface area contributed by atoms with Gasteiger partial charge in [0.25, 0.3) is 0 Å². The van der Waals surface area contributed by atoms with Crippen LogP contribution in [0.2, 0.25) is 0 Å². The maximum absolute atomic E-state index is 11.0. The van der Waals surface area contributed by atoms with Crippen LogP contribution in [0.4, 0.5) is 11.5 Å². The van der Waals surface area contributed by atoms with Gasteiger partial charge in [-0.2, -0.15) is 5.26 Å². The second kappa shape index (κ2) is 11.0. The average Bonchev–Trinajstić information content (AvgIpc) is 2.84. The van der Waals surface area contributed by atoms with Crippen LogP contribution in [0, 0.1) is 11.3 Å². The molecule has 1 aliphatic carbocycles. The van der Waals surface area contributed by atoms with Crippen LogP contribution in [0.5, 0.6) is 0 Å². The lowest BCUT2D eigenvalue weighted by Gasteiger charge is -2.40. The van der Waals surface area contributed by atoms with Crippen molar-refractivity contribution in [1.82, 2.24) is 10.3 Å². The number of nitriles is 1. The molecule has 172 valence electrons. The first kappa shape index (κ1) is 22.8. The number of anilines is 2. The van der Waals surface area contributed by atoms with E-state index in [1.54, 1.807) is 12.3 Å². The number of carbonyl (C=O) groups is 1. The molecule has 2 fully saturated rings. The van der Waals surface area contributed by atoms with E-state index in [4.69, 9.17) is 11.0 Å². The fourth-order valence-corrected chi connectivity index (χ4v) is 4.90. The van der Waals surface area contributed by atoms with Crippen LogP contribution in [0.1, 0.15) is 49.7 Å². The zero-order valence-corrected chi connectivity index (χ0v) is 18.9. The van der Waals surface area contributed by atoms with E-state index in [2.05, 4.69) is 38.7 Å². The van der Waals surface area contributed by atoms with Gasteiger partial charge in [-0.15, -0.1) is 0 Å². The van der Waals surface area contributed by atoms with Gasteiger partial charge in [0.15, 0.2) is 0 Å². The quantitative estimate of drug-likeness (QED) is 0.565. The highest BCUT2D eigenvalue weighted by Crippen LogP contribution is 2.25. The zero-order chi connectivity index (χ0) is 23.0. The Morgan fingerprint density at radius 2 is 1.91 bits per heavy atom. The van der Waals surface area contributed by atoms with Gasteiger partial charge in [-0.3, -0.25) is 4.79 Å². The van der Waals surface area contributed by atoms with Gasteiger partial charge in [0, 0.05) is 49.2 Å². The zero-order valence-electron chi connectivity index (χ0n) is 18.9. The molecule has 0 spiro atoms. The summed E-state index contributed by atoms with van der Waals surface area (Å²) in [5.74, 6) is 0.364. The Bertz CT molecular complexity index is 1010. The number of hydrogen-bond acceptors (Lipinski definition) is 6. The minimum Gasteiger partial charge on any atom is -0.370 e. The van der Waals surface area contributed by atoms with Gasteiger partial charge in [0.2, 0.25) is 5.91 Å². The van der Waals surface area contributed by atoms with E-state index in [0.717, 1.165) is 43.7 Å². The third-order valence-electron chi connectivity index (χ3n) is 6.56. The number of nitrogens with two attached hydrogens (primary N) is 1. The van der Waals surface area contributed by atoms with Crippen molar-refractivity contribution < 1.29 is 4.79 Å². The van der Waals surface area contributed by atoms with Crippen molar-refractivity contribution >= 4 is 23.5 Å². The summed E-state index contributed by atoms with van der Waals surface area (Å²) in [4.78, 5) is 17.9. The van der Waals surface area contributed by atoms with Gasteiger partial charge in [0.05, 0.1) is 11.6 Å². The van der Waals surface area contributed by atoms with E-state index >= 15 is 0 Å². The van der Waals surface area contributed by atoms with Gasteiger partial charge >= 0.3 is 0 Å². The lowest BCUT2D eigenvalue weighted by atomic mass is 9.89. The van der Waals surface area contributed by atoms with Gasteiger partial charge in [-0.25, -0.2) is 4.98 Å². The molecule has 4 N–H and O–H groups in total. The number of carbonyl (C=O) groups excluding carboxylic acids is 1. The molecule has 1 aromatic carbocycles. The maximum atomic E-state index is 11.0. The van der Waals surface area contributed by atoms with Crippen LogP contribution in [0.15, 0.2) is 48.7 Å². The van der Waals surface area contributed by atoms with Gasteiger partial charge in [-0.1, -0.05) is 12.8 Å². The first-order valence-corrected chi connectivity index (χ1v) is 11.8. The standard InChI is InChI=1S/C26H32N6O/c27-17-20-7-10-22(11-8-20)32-15-3-4-21(18-32)30-23-5-1-2-6-24(23)31-26-16-19(13-14-29-26)9-12-25(28)33/h7-14,16,21,23-24,30H,1-6,15,18H2,(H2,28,33)(H,29,31)/b12-9-/t21?,23-,24-/m1/s1. The van der Waals surface area contributed by atoms with E-state index < -0.39 is 5.91 Å². The number of hydrogen-bond donors (Lipinski definition) is 3. The van der Waals surface area contributed by atoms with Gasteiger partial charge in [0.1, 0.15) is 5.82 Å². The Hall–Kier alpha value is -3.37. The summed E-state index contributed by atoms with van der Waals surface area (Å²) in [6.07, 6.45) is 11.8. The number of amides is 1. The van der Waals surface area contributed by atoms with Gasteiger partial charge < -0.3 is 21.3 Å². The summed E-state index contributed by atoms with van der Waals surface area (Å²) in [6.45, 7) is 2.02. The molecule has 2 aromatic rings. The van der Waals surface area contributed by atoms with Crippen molar-refractivity contribution in [2.75, 3.05) is 23.3 Å². The summed E-state index contributed by atoms with van der Waals surface area (Å²) in [7, 11) is 0. The predicted octanol–water partition coefficient (Wildman–Crippen LogP) is 3.43. The largest absolute Gasteiger partial charge is 0.370 e. The van der Waals surface area contributed by atoms with Crippen molar-refractivity contribution in [2.24, 2.45) is 5.73 Å². The number of nitrogens with zero attached hydrogens (tertiary/aromatic N) is 3. The lowest BCUT2D eigenvalue weighted by molar-refractivity contribution is -0.113. The van der Waals surface area contributed by atoms with E-state index in [1.807, 2.05) is 24.3 Å². The minimum absolute atomic E-state index is 0.312. The molecule has 3 atom stereocenters. The highest BCUT2D eigenvalue weighted by Gasteiger charge is 2.29. The third-order valence-corrected chi connectivity index (χ3v) is 6.56. The minimum atomic E-state index is -0.458. The van der Waals surface area contributed by atoms with Gasteiger partial charge in [-0.05, 0) is 73.7 Å². The average molecular weight is 445 g/mol. The molecule has 2 heterocycles. The molecule has 0 radical (unpaired) electrons. The maximum Gasteiger partial charge on any atom is 0.241 e. The van der Waals surface area contributed by atoms with Crippen molar-refractivity contribution in [2.45, 2.75) is 56.7 Å². The first-order valence-electron chi connectivity index (χ1n) is 11.8. The molecule has 1 aromatic heterocycles. The molecule has 1 unspecified atom stereocenters. The third kappa shape index (κ3) is 6.33. The molecule has 7 heteroatoms. The van der Waals surface area contributed by atoms with Crippen LogP contribution in [0.25, 0.3) is 6.08 Å². The van der Waals surface area contributed by atoms with E-state index in [-0.39, 0.29) is 0 Å². The van der Waals surface area contributed by atoms with Crippen molar-refractivity contribution in [3.8, 4) is 6.07 Å². The molecule has 1 saturated heterocycles. The fourth-order valence-electron chi connectivity index (χ4n) is 4.90. The Morgan fingerprint density at radius 1 is 1.12 bits per heavy atom. The van der Waals surface area contributed by atoms with Crippen molar-refractivity contribution in [3.05, 3.63) is 59.8 Å². The number of benzene rings is 1. The Morgan fingerprint density at radius 3 is 2.67 bits per heavy atom. The monoisotopic (exact) mass is 444 g/mol. The molecule has 1 amide bonds. The van der Waals surface area contributed by atoms with E-state index in [1.165, 1.54) is 31.0 Å². The number of pyridine rings is 1. The second-order valence-corrected chi connectivity index (χ2v) is 8.96. The lowest BCUT2D eigenvalue weighted by Crippen LogP contribution is -2.55. The molecule has 1 saturated carbocycles. The molecule has 1 aliphatic heterocycles. The topological polar surface area (TPSA) is 107 Å². The Balaban J connectivity index is 1.38. The first-order chi connectivity index (χ1) is 16.1. The molecule has 33 heavy (non-hydrogen) atoms. The van der Waals surface area contributed by atoms with Crippen molar-refractivity contribution in [3.63, 3.8) is 0 Å². The van der Waals surface area contributed by atoms with Crippen LogP contribution in [-0.2, 0) is 4.79 Å². The SMILES string of the molecule is N#Cc1ccc(N2CCCC(N[C@@H]3CCCC[C@H]3Nc3cc(/C=C\C(N)=O)ccn3)C2)cc1. The molecule has 4 rings (SSSR count). The highest BCUT2D eigenvalue weighted by atomic mass is 16.1. The van der Waals surface area contributed by atoms with E-state index in [0.29, 0.717) is 23.7 Å². The predicted molar refractivity (Wildman–Crippen MR) is 132 cm³/mol. The van der Waals surface area contributed by atoms with Crippen LogP contribution in [0.3, 0.4) is 0 Å². The van der Waals surface area contributed by atoms with Crippen LogP contribution >= 0.6 is 0 Å². The number of piperidine rings is 1. The van der Waals surface area contributed by atoms with Crippen LogP contribution < -0.4 is 21.3 Å². The number of primary amides is 1. The highest BCUT2D eigenvalue weighted by molar-refractivity contribution is 5.90. The summed E-state index contributed by atoms with van der Waals surface area (Å²) in [6, 6.07) is 15.0. The summed E-state index contributed by atoms with van der Waals surface area (Å²) in [5, 5.41) is 16.6.